The second kappa shape index (κ2) is 3.91. The van der Waals surface area contributed by atoms with Crippen molar-refractivity contribution in [3.63, 3.8) is 0 Å². The van der Waals surface area contributed by atoms with E-state index in [1.54, 1.807) is 36.4 Å². The minimum absolute atomic E-state index is 0.100. The van der Waals surface area contributed by atoms with Crippen molar-refractivity contribution >= 4 is 11.0 Å². The molecule has 3 aromatic rings. The van der Waals surface area contributed by atoms with Crippen LogP contribution in [0.5, 0.6) is 0 Å². The smallest absolute Gasteiger partial charge is 0.200 e. The third-order valence-electron chi connectivity index (χ3n) is 2.68. The first-order chi connectivity index (χ1) is 8.77. The Balaban J connectivity index is 2.35. The molecule has 0 spiro atoms. The van der Waals surface area contributed by atoms with Crippen LogP contribution in [0.2, 0.25) is 0 Å². The van der Waals surface area contributed by atoms with E-state index < -0.39 is 0 Å². The Bertz CT molecular complexity index is 775. The van der Waals surface area contributed by atoms with Crippen molar-refractivity contribution < 1.29 is 5.79 Å². The summed E-state index contributed by atoms with van der Waals surface area (Å²) in [7, 11) is 0. The molecule has 0 aliphatic rings. The molecule has 0 saturated heterocycles. The average Bonchev–Trinajstić information content (AvgIpc) is 2.41. The second-order valence-electron chi connectivity index (χ2n) is 3.75. The third-order valence-corrected chi connectivity index (χ3v) is 2.68. The fourth-order valence-electron chi connectivity index (χ4n) is 1.82. The van der Waals surface area contributed by atoms with Gasteiger partial charge in [0.2, 0.25) is 0 Å². The van der Waals surface area contributed by atoms with Gasteiger partial charge in [-0.3, -0.25) is 4.79 Å². The summed E-state index contributed by atoms with van der Waals surface area (Å²) in [6.45, 7) is 0. The number of hydrogen-bond acceptors (Lipinski definition) is 2. The van der Waals surface area contributed by atoms with Gasteiger partial charge in [-0.2, -0.15) is 0 Å². The predicted octanol–water partition coefficient (Wildman–Crippen LogP) is 3.46. The molecule has 0 unspecified atom stereocenters. The molecule has 1 aromatic heterocycles. The van der Waals surface area contributed by atoms with E-state index in [9.17, 15) is 4.79 Å². The summed E-state index contributed by atoms with van der Waals surface area (Å²) in [4.78, 5) is 12.3. The molecule has 2 nitrogen and oxygen atoms in total. The quantitative estimate of drug-likeness (QED) is 0.632. The van der Waals surface area contributed by atoms with Gasteiger partial charge in [0.25, 0.3) is 0 Å². The maximum absolute atomic E-state index is 12.3. The molecule has 0 atom stereocenters. The molecule has 1 heterocycles. The molecule has 3 rings (SSSR count). The molecular weight excluding hydrogens is 212 g/mol. The van der Waals surface area contributed by atoms with Gasteiger partial charge in [0.15, 0.2) is 5.43 Å². The summed E-state index contributed by atoms with van der Waals surface area (Å²) in [5.74, 6) is 0. The molecule has 0 aliphatic carbocycles. The fraction of sp³-hybridized carbons (Fsp3) is 0. The lowest BCUT2D eigenvalue weighted by Gasteiger charge is -2.01. The van der Waals surface area contributed by atoms with Crippen molar-refractivity contribution in [1.82, 2.24) is 0 Å². The van der Waals surface area contributed by atoms with Gasteiger partial charge in [-0.1, -0.05) is 42.4 Å². The summed E-state index contributed by atoms with van der Waals surface area (Å²) in [6, 6.07) is 14.4. The molecule has 0 radical (unpaired) electrons. The van der Waals surface area contributed by atoms with E-state index in [1.165, 1.54) is 6.26 Å². The lowest BCUT2D eigenvalue weighted by atomic mass is 10.1. The van der Waals surface area contributed by atoms with E-state index >= 15 is 0 Å². The molecule has 2 heteroatoms. The minimum atomic E-state index is -0.100. The lowest BCUT2D eigenvalue weighted by Crippen LogP contribution is -2.04. The van der Waals surface area contributed by atoms with E-state index in [4.69, 9.17) is 5.79 Å². The largest absolute Gasteiger partial charge is 0.463 e. The average molecular weight is 223 g/mol. The standard InChI is InChI=1S/C15H10O2/c16-15-12-8-4-5-9-14(12)17-10-13(15)11-6-2-1-3-7-11/h1-10H/i6D. The molecule has 0 saturated carbocycles. The number of fused-ring (bicyclic) bond motifs is 1. The van der Waals surface area contributed by atoms with Crippen LogP contribution in [0.25, 0.3) is 22.1 Å². The van der Waals surface area contributed by atoms with E-state index in [1.807, 2.05) is 12.1 Å². The number of para-hydroxylation sites is 1. The van der Waals surface area contributed by atoms with Gasteiger partial charge in [-0.05, 0) is 17.7 Å². The van der Waals surface area contributed by atoms with Crippen LogP contribution < -0.4 is 5.43 Å². The van der Waals surface area contributed by atoms with Gasteiger partial charge >= 0.3 is 0 Å². The molecule has 0 fully saturated rings. The summed E-state index contributed by atoms with van der Waals surface area (Å²) >= 11 is 0. The normalized spacial score (nSPS) is 11.4. The first-order valence-electron chi connectivity index (χ1n) is 5.84. The summed E-state index contributed by atoms with van der Waals surface area (Å²) < 4.78 is 13.3. The molecule has 0 aliphatic heterocycles. The zero-order chi connectivity index (χ0) is 12.5. The number of benzene rings is 2. The molecule has 0 bridgehead atoms. The summed E-state index contributed by atoms with van der Waals surface area (Å²) in [5, 5.41) is 0.540. The Labute approximate surface area is 99.5 Å². The molecule has 82 valence electrons. The van der Waals surface area contributed by atoms with Gasteiger partial charge in [-0.15, -0.1) is 0 Å². The highest BCUT2D eigenvalue weighted by Gasteiger charge is 2.07. The van der Waals surface area contributed by atoms with Crippen LogP contribution in [-0.2, 0) is 0 Å². The molecule has 17 heavy (non-hydrogen) atoms. The van der Waals surface area contributed by atoms with Crippen LogP contribution in [-0.4, -0.2) is 0 Å². The van der Waals surface area contributed by atoms with Crippen molar-refractivity contribution in [3.05, 3.63) is 71.1 Å². The molecule has 0 N–H and O–H groups in total. The monoisotopic (exact) mass is 223 g/mol. The van der Waals surface area contributed by atoms with Gasteiger partial charge in [0.05, 0.1) is 12.3 Å². The highest BCUT2D eigenvalue weighted by Crippen LogP contribution is 2.18. The molecule has 0 amide bonds. The first-order valence-corrected chi connectivity index (χ1v) is 5.34. The Morgan fingerprint density at radius 1 is 1.00 bits per heavy atom. The van der Waals surface area contributed by atoms with Crippen LogP contribution in [0.1, 0.15) is 1.37 Å². The fourth-order valence-corrected chi connectivity index (χ4v) is 1.82. The zero-order valence-corrected chi connectivity index (χ0v) is 9.01. The van der Waals surface area contributed by atoms with Crippen LogP contribution in [0.15, 0.2) is 70.0 Å². The van der Waals surface area contributed by atoms with Crippen molar-refractivity contribution in [2.24, 2.45) is 0 Å². The van der Waals surface area contributed by atoms with Crippen molar-refractivity contribution in [1.29, 1.82) is 0 Å². The predicted molar refractivity (Wildman–Crippen MR) is 67.9 cm³/mol. The van der Waals surface area contributed by atoms with Crippen molar-refractivity contribution in [2.45, 2.75) is 0 Å². The minimum Gasteiger partial charge on any atom is -0.463 e. The first kappa shape index (κ1) is 8.76. The van der Waals surface area contributed by atoms with Gasteiger partial charge in [0, 0.05) is 0 Å². The van der Waals surface area contributed by atoms with Crippen molar-refractivity contribution in [2.75, 3.05) is 0 Å². The number of rotatable bonds is 1. The Morgan fingerprint density at radius 2 is 1.82 bits per heavy atom. The lowest BCUT2D eigenvalue weighted by molar-refractivity contribution is 0.604. The van der Waals surface area contributed by atoms with Gasteiger partial charge < -0.3 is 4.42 Å². The maximum Gasteiger partial charge on any atom is 0.200 e. The Morgan fingerprint density at radius 3 is 2.71 bits per heavy atom. The van der Waals surface area contributed by atoms with Crippen LogP contribution in [0.4, 0.5) is 0 Å². The van der Waals surface area contributed by atoms with E-state index in [-0.39, 0.29) is 5.43 Å². The summed E-state index contributed by atoms with van der Waals surface area (Å²) in [5.41, 5.74) is 1.49. The van der Waals surface area contributed by atoms with E-state index in [2.05, 4.69) is 0 Å². The maximum atomic E-state index is 12.3. The topological polar surface area (TPSA) is 30.2 Å². The van der Waals surface area contributed by atoms with Crippen LogP contribution >= 0.6 is 0 Å². The second-order valence-corrected chi connectivity index (χ2v) is 3.75. The molecule has 2 aromatic carbocycles. The molecular formula is C15H10O2. The van der Waals surface area contributed by atoms with Crippen molar-refractivity contribution in [3.8, 4) is 11.1 Å². The Kier molecular flexibility index (Phi) is 2.01. The number of hydrogen-bond donors (Lipinski definition) is 0. The third kappa shape index (κ3) is 1.64. The highest BCUT2D eigenvalue weighted by molar-refractivity contribution is 5.81. The summed E-state index contributed by atoms with van der Waals surface area (Å²) in [6.07, 6.45) is 1.43. The zero-order valence-electron chi connectivity index (χ0n) is 10.0. The van der Waals surface area contributed by atoms with Gasteiger partial charge in [-0.25, -0.2) is 0 Å². The highest BCUT2D eigenvalue weighted by atomic mass is 16.3. The van der Waals surface area contributed by atoms with Gasteiger partial charge in [0.1, 0.15) is 11.8 Å². The van der Waals surface area contributed by atoms with Crippen LogP contribution in [0.3, 0.4) is 0 Å². The van der Waals surface area contributed by atoms with Crippen LogP contribution in [0, 0.1) is 0 Å². The van der Waals surface area contributed by atoms with E-state index in [0.29, 0.717) is 28.1 Å². The SMILES string of the molecule is [2H]c1ccccc1-c1coc2ccccc2c1=O. The Hall–Kier alpha value is -2.35. The van der Waals surface area contributed by atoms with E-state index in [0.717, 1.165) is 0 Å².